The van der Waals surface area contributed by atoms with Gasteiger partial charge in [-0.25, -0.2) is 0 Å². The van der Waals surface area contributed by atoms with Crippen LogP contribution in [0.1, 0.15) is 38.7 Å². The molecule has 0 saturated carbocycles. The van der Waals surface area contributed by atoms with Crippen LogP contribution in [0.5, 0.6) is 0 Å². The number of ether oxygens (including phenoxy) is 1. The molecule has 1 aromatic carbocycles. The summed E-state index contributed by atoms with van der Waals surface area (Å²) in [5.41, 5.74) is 7.02. The maximum atomic E-state index is 12.4. The lowest BCUT2D eigenvalue weighted by Crippen LogP contribution is -2.48. The van der Waals surface area contributed by atoms with Crippen LogP contribution in [0.3, 0.4) is 0 Å². The second-order valence-electron chi connectivity index (χ2n) is 7.63. The Labute approximate surface area is 168 Å². The number of amides is 2. The average molecular weight is 391 g/mol. The molecule has 3 N–H and O–H groups in total. The van der Waals surface area contributed by atoms with E-state index in [0.717, 1.165) is 56.8 Å². The zero-order valence-electron chi connectivity index (χ0n) is 17.3. The first-order valence-electron chi connectivity index (χ1n) is 10.1. The minimum atomic E-state index is -0.219. The summed E-state index contributed by atoms with van der Waals surface area (Å²) < 4.78 is 5.08. The third-order valence-electron chi connectivity index (χ3n) is 4.92. The fraction of sp³-hybridized carbons (Fsp3) is 0.619. The molecular weight excluding hydrogens is 356 g/mol. The van der Waals surface area contributed by atoms with Crippen molar-refractivity contribution in [3.05, 3.63) is 29.8 Å². The third-order valence-corrected chi connectivity index (χ3v) is 4.92. The van der Waals surface area contributed by atoms with Gasteiger partial charge in [0, 0.05) is 37.9 Å². The number of nitrogens with one attached hydrogen (secondary N) is 3. The van der Waals surface area contributed by atoms with Gasteiger partial charge in [-0.05, 0) is 57.8 Å². The number of benzene rings is 1. The standard InChI is InChI=1S/C21H34N4O3/c1-16(2)22-19-8-5-4-7-18(19)15-20(26)23-24-21(27)17-9-12-25(13-10-17)11-6-14-28-3/h4-5,7-8,16-17,22H,6,9-15H2,1-3H3,(H,23,26)(H,24,27). The molecule has 7 heteroatoms. The number of hydrogen-bond donors (Lipinski definition) is 3. The Kier molecular flexibility index (Phi) is 9.23. The quantitative estimate of drug-likeness (QED) is 0.443. The Hall–Kier alpha value is -2.12. The molecule has 2 rings (SSSR count). The molecule has 0 atom stereocenters. The van der Waals surface area contributed by atoms with E-state index in [9.17, 15) is 9.59 Å². The number of hydrogen-bond acceptors (Lipinski definition) is 5. The molecule has 1 heterocycles. The highest BCUT2D eigenvalue weighted by atomic mass is 16.5. The summed E-state index contributed by atoms with van der Waals surface area (Å²) in [6.45, 7) is 7.69. The fourth-order valence-corrected chi connectivity index (χ4v) is 3.43. The summed E-state index contributed by atoms with van der Waals surface area (Å²) in [5, 5.41) is 3.34. The van der Waals surface area contributed by atoms with Crippen LogP contribution >= 0.6 is 0 Å². The smallest absolute Gasteiger partial charge is 0.242 e. The Morgan fingerprint density at radius 1 is 1.18 bits per heavy atom. The lowest BCUT2D eigenvalue weighted by molar-refractivity contribution is -0.132. The van der Waals surface area contributed by atoms with Gasteiger partial charge in [0.05, 0.1) is 6.42 Å². The number of anilines is 1. The first-order valence-corrected chi connectivity index (χ1v) is 10.1. The summed E-state index contributed by atoms with van der Waals surface area (Å²) in [5.74, 6) is -0.365. The largest absolute Gasteiger partial charge is 0.385 e. The third kappa shape index (κ3) is 7.48. The number of carbonyl (C=O) groups is 2. The molecule has 156 valence electrons. The van der Waals surface area contributed by atoms with Crippen molar-refractivity contribution < 1.29 is 14.3 Å². The number of hydrazine groups is 1. The van der Waals surface area contributed by atoms with Gasteiger partial charge < -0.3 is 15.0 Å². The van der Waals surface area contributed by atoms with E-state index in [-0.39, 0.29) is 30.2 Å². The maximum Gasteiger partial charge on any atom is 0.242 e. The first-order chi connectivity index (χ1) is 13.5. The van der Waals surface area contributed by atoms with Gasteiger partial charge in [0.15, 0.2) is 0 Å². The Balaban J connectivity index is 1.72. The highest BCUT2D eigenvalue weighted by molar-refractivity contribution is 5.85. The topological polar surface area (TPSA) is 82.7 Å². The van der Waals surface area contributed by atoms with E-state index >= 15 is 0 Å². The molecule has 0 radical (unpaired) electrons. The molecule has 1 aliphatic heterocycles. The molecule has 1 aliphatic rings. The Bertz CT molecular complexity index is 628. The second-order valence-corrected chi connectivity index (χ2v) is 7.63. The molecule has 28 heavy (non-hydrogen) atoms. The second kappa shape index (κ2) is 11.7. The van der Waals surface area contributed by atoms with Gasteiger partial charge in [-0.2, -0.15) is 0 Å². The van der Waals surface area contributed by atoms with Crippen LogP contribution < -0.4 is 16.2 Å². The molecule has 0 aromatic heterocycles. The summed E-state index contributed by atoms with van der Waals surface area (Å²) in [6, 6.07) is 8.01. The van der Waals surface area contributed by atoms with Gasteiger partial charge in [-0.1, -0.05) is 18.2 Å². The predicted octanol–water partition coefficient (Wildman–Crippen LogP) is 1.95. The average Bonchev–Trinajstić information content (AvgIpc) is 2.68. The number of para-hydroxylation sites is 1. The van der Waals surface area contributed by atoms with Gasteiger partial charge in [0.1, 0.15) is 0 Å². The zero-order chi connectivity index (χ0) is 20.4. The van der Waals surface area contributed by atoms with Crippen LogP contribution in [0.2, 0.25) is 0 Å². The van der Waals surface area contributed by atoms with Crippen LogP contribution in [0.4, 0.5) is 5.69 Å². The summed E-state index contributed by atoms with van der Waals surface area (Å²) in [4.78, 5) is 27.0. The number of carbonyl (C=O) groups excluding carboxylic acids is 2. The van der Waals surface area contributed by atoms with Crippen molar-refractivity contribution in [2.45, 2.75) is 45.6 Å². The van der Waals surface area contributed by atoms with Crippen molar-refractivity contribution in [1.82, 2.24) is 15.8 Å². The van der Waals surface area contributed by atoms with Crippen molar-refractivity contribution >= 4 is 17.5 Å². The van der Waals surface area contributed by atoms with E-state index in [1.54, 1.807) is 7.11 Å². The lowest BCUT2D eigenvalue weighted by Gasteiger charge is -2.31. The number of nitrogens with zero attached hydrogens (tertiary/aromatic N) is 1. The monoisotopic (exact) mass is 390 g/mol. The van der Waals surface area contributed by atoms with Gasteiger partial charge in [0.25, 0.3) is 0 Å². The molecule has 0 unspecified atom stereocenters. The summed E-state index contributed by atoms with van der Waals surface area (Å²) >= 11 is 0. The van der Waals surface area contributed by atoms with E-state index in [0.29, 0.717) is 0 Å². The SMILES string of the molecule is COCCCN1CCC(C(=O)NNC(=O)Cc2ccccc2NC(C)C)CC1. The number of methoxy groups -OCH3 is 1. The van der Waals surface area contributed by atoms with Crippen LogP contribution in [0, 0.1) is 5.92 Å². The highest BCUT2D eigenvalue weighted by Crippen LogP contribution is 2.18. The summed E-state index contributed by atoms with van der Waals surface area (Å²) in [7, 11) is 1.71. The van der Waals surface area contributed by atoms with Gasteiger partial charge >= 0.3 is 0 Å². The Morgan fingerprint density at radius 3 is 2.57 bits per heavy atom. The molecule has 1 saturated heterocycles. The maximum absolute atomic E-state index is 12.4. The number of piperidine rings is 1. The first kappa shape index (κ1) is 22.2. The van der Waals surface area contributed by atoms with Crippen molar-refractivity contribution in [3.8, 4) is 0 Å². The molecular formula is C21H34N4O3. The van der Waals surface area contributed by atoms with Crippen LogP contribution in [-0.4, -0.2) is 56.1 Å². The molecule has 1 aromatic rings. The van der Waals surface area contributed by atoms with Crippen molar-refractivity contribution in [2.75, 3.05) is 38.7 Å². The number of likely N-dealkylation sites (tertiary alicyclic amines) is 1. The molecule has 7 nitrogen and oxygen atoms in total. The molecule has 0 aliphatic carbocycles. The van der Waals surface area contributed by atoms with Crippen LogP contribution in [0.15, 0.2) is 24.3 Å². The Morgan fingerprint density at radius 2 is 1.89 bits per heavy atom. The molecule has 1 fully saturated rings. The molecule has 0 spiro atoms. The molecule has 0 bridgehead atoms. The van der Waals surface area contributed by atoms with Crippen molar-refractivity contribution in [1.29, 1.82) is 0 Å². The van der Waals surface area contributed by atoms with E-state index in [1.165, 1.54) is 0 Å². The fourth-order valence-electron chi connectivity index (χ4n) is 3.43. The van der Waals surface area contributed by atoms with Gasteiger partial charge in [0.2, 0.25) is 11.8 Å². The van der Waals surface area contributed by atoms with E-state index in [1.807, 2.05) is 24.3 Å². The lowest BCUT2D eigenvalue weighted by atomic mass is 9.96. The van der Waals surface area contributed by atoms with Gasteiger partial charge in [-0.3, -0.25) is 20.4 Å². The normalized spacial score (nSPS) is 15.4. The van der Waals surface area contributed by atoms with E-state index in [4.69, 9.17) is 4.74 Å². The van der Waals surface area contributed by atoms with Crippen molar-refractivity contribution in [3.63, 3.8) is 0 Å². The minimum Gasteiger partial charge on any atom is -0.385 e. The van der Waals surface area contributed by atoms with Crippen LogP contribution in [0.25, 0.3) is 0 Å². The molecule has 2 amide bonds. The summed E-state index contributed by atoms with van der Waals surface area (Å²) in [6.07, 6.45) is 2.86. The zero-order valence-corrected chi connectivity index (χ0v) is 17.3. The van der Waals surface area contributed by atoms with Crippen molar-refractivity contribution in [2.24, 2.45) is 5.92 Å². The minimum absolute atomic E-state index is 0.0473. The van der Waals surface area contributed by atoms with Crippen LogP contribution in [-0.2, 0) is 20.7 Å². The van der Waals surface area contributed by atoms with E-state index in [2.05, 4.69) is 34.9 Å². The van der Waals surface area contributed by atoms with Gasteiger partial charge in [-0.15, -0.1) is 0 Å². The highest BCUT2D eigenvalue weighted by Gasteiger charge is 2.25. The predicted molar refractivity (Wildman–Crippen MR) is 111 cm³/mol. The van der Waals surface area contributed by atoms with E-state index < -0.39 is 0 Å². The number of rotatable bonds is 9.